The first-order chi connectivity index (χ1) is 6.59. The first kappa shape index (κ1) is 10.5. The van der Waals surface area contributed by atoms with Crippen molar-refractivity contribution in [1.29, 1.82) is 0 Å². The third kappa shape index (κ3) is 3.06. The summed E-state index contributed by atoms with van der Waals surface area (Å²) >= 11 is 0. The van der Waals surface area contributed by atoms with Crippen molar-refractivity contribution in [2.75, 3.05) is 0 Å². The van der Waals surface area contributed by atoms with Gasteiger partial charge in [0.05, 0.1) is 0 Å². The van der Waals surface area contributed by atoms with Crippen LogP contribution in [0.25, 0.3) is 0 Å². The van der Waals surface area contributed by atoms with Crippen LogP contribution in [0.1, 0.15) is 12.0 Å². The molecule has 1 aromatic carbocycles. The van der Waals surface area contributed by atoms with Gasteiger partial charge < -0.3 is 15.9 Å². The summed E-state index contributed by atoms with van der Waals surface area (Å²) in [4.78, 5) is 10.4. The molecule has 0 heterocycles. The Hall–Kier alpha value is -1.55. The molecule has 0 saturated heterocycles. The molecule has 1 atom stereocenters. The Kier molecular flexibility index (Phi) is 3.48. The van der Waals surface area contributed by atoms with Gasteiger partial charge in [0.25, 0.3) is 0 Å². The summed E-state index contributed by atoms with van der Waals surface area (Å²) in [5, 5.41) is 17.7. The summed E-state index contributed by atoms with van der Waals surface area (Å²) in [6, 6.07) is 5.89. The molecule has 0 aliphatic rings. The zero-order valence-corrected chi connectivity index (χ0v) is 7.68. The molecule has 0 saturated carbocycles. The summed E-state index contributed by atoms with van der Waals surface area (Å²) in [6.45, 7) is 0. The summed E-state index contributed by atoms with van der Waals surface area (Å²) in [6.07, 6.45) is 0.931. The van der Waals surface area contributed by atoms with Gasteiger partial charge in [0, 0.05) is 0 Å². The minimum Gasteiger partial charge on any atom is -0.508 e. The zero-order valence-electron chi connectivity index (χ0n) is 7.68. The highest BCUT2D eigenvalue weighted by Gasteiger charge is 2.10. The number of phenolic OH excluding ortho intramolecular Hbond substituents is 1. The maximum atomic E-state index is 10.4. The molecule has 0 spiro atoms. The van der Waals surface area contributed by atoms with E-state index in [-0.39, 0.29) is 5.75 Å². The van der Waals surface area contributed by atoms with E-state index in [1.165, 1.54) is 0 Å². The molecule has 0 unspecified atom stereocenters. The predicted molar refractivity (Wildman–Crippen MR) is 52.0 cm³/mol. The van der Waals surface area contributed by atoms with E-state index in [0.717, 1.165) is 5.56 Å². The second-order valence-corrected chi connectivity index (χ2v) is 3.15. The van der Waals surface area contributed by atoms with Gasteiger partial charge in [0.15, 0.2) is 0 Å². The number of phenols is 1. The fourth-order valence-corrected chi connectivity index (χ4v) is 1.16. The van der Waals surface area contributed by atoms with Crippen LogP contribution in [0, 0.1) is 0 Å². The molecule has 0 bridgehead atoms. The average molecular weight is 195 g/mol. The van der Waals surface area contributed by atoms with E-state index in [2.05, 4.69) is 0 Å². The van der Waals surface area contributed by atoms with Crippen LogP contribution >= 0.6 is 0 Å². The molecule has 14 heavy (non-hydrogen) atoms. The van der Waals surface area contributed by atoms with Crippen LogP contribution in [-0.4, -0.2) is 22.2 Å². The maximum Gasteiger partial charge on any atom is 0.320 e. The normalized spacial score (nSPS) is 12.4. The van der Waals surface area contributed by atoms with Gasteiger partial charge in [-0.2, -0.15) is 0 Å². The minimum atomic E-state index is -0.995. The second-order valence-electron chi connectivity index (χ2n) is 3.15. The lowest BCUT2D eigenvalue weighted by Gasteiger charge is -2.05. The fraction of sp³-hybridized carbons (Fsp3) is 0.300. The Morgan fingerprint density at radius 2 is 2.21 bits per heavy atom. The standard InChI is InChI=1S/C10H13NO3/c11-9(10(13)14)5-4-7-2-1-3-8(12)6-7/h1-3,6,9,12H,4-5,11H2,(H,13,14)/t9-/m1/s1. The molecule has 0 aliphatic heterocycles. The zero-order chi connectivity index (χ0) is 10.6. The SMILES string of the molecule is N[C@H](CCc1cccc(O)c1)C(=O)O. The lowest BCUT2D eigenvalue weighted by atomic mass is 10.1. The van der Waals surface area contributed by atoms with Gasteiger partial charge in [0.1, 0.15) is 11.8 Å². The van der Waals surface area contributed by atoms with Crippen molar-refractivity contribution in [2.24, 2.45) is 5.73 Å². The van der Waals surface area contributed by atoms with Crippen molar-refractivity contribution in [3.05, 3.63) is 29.8 Å². The number of nitrogens with two attached hydrogens (primary N) is 1. The van der Waals surface area contributed by atoms with Crippen LogP contribution < -0.4 is 5.73 Å². The Balaban J connectivity index is 2.49. The molecule has 1 rings (SSSR count). The van der Waals surface area contributed by atoms with Crippen LogP contribution in [0.2, 0.25) is 0 Å². The molecular formula is C10H13NO3. The van der Waals surface area contributed by atoms with E-state index in [4.69, 9.17) is 15.9 Å². The first-order valence-corrected chi connectivity index (χ1v) is 4.36. The third-order valence-corrected chi connectivity index (χ3v) is 1.97. The topological polar surface area (TPSA) is 83.5 Å². The molecule has 0 aliphatic carbocycles. The Labute approximate surface area is 82.0 Å². The number of carbonyl (C=O) groups is 1. The quantitative estimate of drug-likeness (QED) is 0.661. The van der Waals surface area contributed by atoms with E-state index < -0.39 is 12.0 Å². The van der Waals surface area contributed by atoms with Crippen molar-refractivity contribution in [1.82, 2.24) is 0 Å². The average Bonchev–Trinajstić information content (AvgIpc) is 2.14. The van der Waals surface area contributed by atoms with Crippen LogP contribution in [0.15, 0.2) is 24.3 Å². The fourth-order valence-electron chi connectivity index (χ4n) is 1.16. The smallest absolute Gasteiger partial charge is 0.320 e. The number of aliphatic carboxylic acids is 1. The van der Waals surface area contributed by atoms with Crippen LogP contribution in [0.3, 0.4) is 0 Å². The molecule has 0 amide bonds. The molecule has 4 nitrogen and oxygen atoms in total. The number of benzene rings is 1. The highest BCUT2D eigenvalue weighted by Crippen LogP contribution is 2.12. The van der Waals surface area contributed by atoms with Gasteiger partial charge in [-0.15, -0.1) is 0 Å². The molecule has 4 N–H and O–H groups in total. The highest BCUT2D eigenvalue weighted by atomic mass is 16.4. The molecule has 0 aromatic heterocycles. The van der Waals surface area contributed by atoms with Gasteiger partial charge in [-0.25, -0.2) is 0 Å². The van der Waals surface area contributed by atoms with Crippen molar-refractivity contribution in [3.8, 4) is 5.75 Å². The van der Waals surface area contributed by atoms with Crippen molar-refractivity contribution in [3.63, 3.8) is 0 Å². The molecular weight excluding hydrogens is 182 g/mol. The maximum absolute atomic E-state index is 10.4. The number of aryl methyl sites for hydroxylation is 1. The van der Waals surface area contributed by atoms with E-state index >= 15 is 0 Å². The van der Waals surface area contributed by atoms with Crippen molar-refractivity contribution < 1.29 is 15.0 Å². The Morgan fingerprint density at radius 1 is 1.50 bits per heavy atom. The lowest BCUT2D eigenvalue weighted by Crippen LogP contribution is -2.30. The van der Waals surface area contributed by atoms with Gasteiger partial charge in [0.2, 0.25) is 0 Å². The van der Waals surface area contributed by atoms with Gasteiger partial charge in [-0.1, -0.05) is 12.1 Å². The summed E-state index contributed by atoms with van der Waals surface area (Å²) in [5.41, 5.74) is 6.23. The van der Waals surface area contributed by atoms with Crippen molar-refractivity contribution >= 4 is 5.97 Å². The third-order valence-electron chi connectivity index (χ3n) is 1.97. The van der Waals surface area contributed by atoms with E-state index in [0.29, 0.717) is 12.8 Å². The van der Waals surface area contributed by atoms with Gasteiger partial charge >= 0.3 is 5.97 Å². The van der Waals surface area contributed by atoms with Crippen molar-refractivity contribution in [2.45, 2.75) is 18.9 Å². The number of carboxylic acid groups (broad SMARTS) is 1. The van der Waals surface area contributed by atoms with E-state index in [1.807, 2.05) is 6.07 Å². The molecule has 0 fully saturated rings. The van der Waals surface area contributed by atoms with E-state index in [1.54, 1.807) is 18.2 Å². The van der Waals surface area contributed by atoms with Crippen LogP contribution in [-0.2, 0) is 11.2 Å². The number of hydrogen-bond acceptors (Lipinski definition) is 3. The summed E-state index contributed by atoms with van der Waals surface area (Å²) < 4.78 is 0. The Bertz CT molecular complexity index is 325. The molecule has 1 aromatic rings. The van der Waals surface area contributed by atoms with Crippen LogP contribution in [0.4, 0.5) is 0 Å². The molecule has 76 valence electrons. The number of aromatic hydroxyl groups is 1. The van der Waals surface area contributed by atoms with Gasteiger partial charge in [-0.3, -0.25) is 4.79 Å². The van der Waals surface area contributed by atoms with Gasteiger partial charge in [-0.05, 0) is 30.5 Å². The monoisotopic (exact) mass is 195 g/mol. The number of rotatable bonds is 4. The molecule has 0 radical (unpaired) electrons. The summed E-state index contributed by atoms with van der Waals surface area (Å²) in [7, 11) is 0. The largest absolute Gasteiger partial charge is 0.508 e. The predicted octanol–water partition coefficient (Wildman–Crippen LogP) is 0.737. The number of hydrogen-bond donors (Lipinski definition) is 3. The Morgan fingerprint density at radius 3 is 2.79 bits per heavy atom. The van der Waals surface area contributed by atoms with Crippen LogP contribution in [0.5, 0.6) is 5.75 Å². The van der Waals surface area contributed by atoms with E-state index in [9.17, 15) is 4.79 Å². The lowest BCUT2D eigenvalue weighted by molar-refractivity contribution is -0.138. The summed E-state index contributed by atoms with van der Waals surface area (Å²) in [5.74, 6) is -0.809. The highest BCUT2D eigenvalue weighted by molar-refractivity contribution is 5.73. The molecule has 4 heteroatoms. The minimum absolute atomic E-state index is 0.186. The second kappa shape index (κ2) is 4.62. The number of carboxylic acids is 1. The first-order valence-electron chi connectivity index (χ1n) is 4.36.